The number of alkyl halides is 3. The van der Waals surface area contributed by atoms with Crippen molar-refractivity contribution in [2.75, 3.05) is 7.11 Å². The van der Waals surface area contributed by atoms with Crippen molar-refractivity contribution in [1.29, 1.82) is 0 Å². The molecule has 1 N–H and O–H groups in total. The van der Waals surface area contributed by atoms with Gasteiger partial charge in [0, 0.05) is 23.9 Å². The lowest BCUT2D eigenvalue weighted by molar-refractivity contribution is -0.276. The number of ether oxygens (including phenoxy) is 2. The summed E-state index contributed by atoms with van der Waals surface area (Å²) < 4.78 is 52.1. The van der Waals surface area contributed by atoms with Crippen LogP contribution in [0, 0.1) is 0 Å². The summed E-state index contributed by atoms with van der Waals surface area (Å²) in [5.74, 6) is -0.268. The van der Waals surface area contributed by atoms with E-state index in [1.165, 1.54) is 19.4 Å². The number of fused-ring (bicyclic) bond motifs is 1. The number of pyridine rings is 2. The Labute approximate surface area is 198 Å². The van der Waals surface area contributed by atoms with Crippen molar-refractivity contribution >= 4 is 17.5 Å². The van der Waals surface area contributed by atoms with E-state index in [0.29, 0.717) is 40.8 Å². The van der Waals surface area contributed by atoms with Crippen LogP contribution in [0.15, 0.2) is 35.0 Å². The molecule has 0 spiro atoms. The normalized spacial score (nSPS) is 15.0. The van der Waals surface area contributed by atoms with Crippen LogP contribution in [-0.4, -0.2) is 34.3 Å². The molecule has 1 aliphatic rings. The highest BCUT2D eigenvalue weighted by Gasteiger charge is 2.32. The maximum absolute atomic E-state index is 12.7. The zero-order valence-corrected chi connectivity index (χ0v) is 19.3. The first-order valence-corrected chi connectivity index (χ1v) is 10.8. The standard InChI is InChI=1S/C20H16ClF3N4O4.C2H6/c1-30-15-8-11(12(21)9-26-15)19-28-14-4-2-3-13(17(14)31-19)27-18(29)10-5-6-25-16(7-10)32-20(22,23)24;1-2/h5-9,13H,2-4H2,1H3,(H,27,29);1-2H3. The van der Waals surface area contributed by atoms with Gasteiger partial charge in [0.2, 0.25) is 17.7 Å². The van der Waals surface area contributed by atoms with Crippen molar-refractivity contribution < 1.29 is 31.9 Å². The maximum Gasteiger partial charge on any atom is 0.574 e. The molecular formula is C22H22ClF3N4O4. The van der Waals surface area contributed by atoms with Crippen LogP contribution in [0.3, 0.4) is 0 Å². The molecule has 34 heavy (non-hydrogen) atoms. The predicted molar refractivity (Wildman–Crippen MR) is 117 cm³/mol. The summed E-state index contributed by atoms with van der Waals surface area (Å²) in [6.07, 6.45) is -0.485. The zero-order valence-electron chi connectivity index (χ0n) is 18.6. The van der Waals surface area contributed by atoms with E-state index in [2.05, 4.69) is 25.0 Å². The van der Waals surface area contributed by atoms with E-state index >= 15 is 0 Å². The second kappa shape index (κ2) is 10.7. The number of nitrogens with one attached hydrogen (secondary N) is 1. The summed E-state index contributed by atoms with van der Waals surface area (Å²) in [6, 6.07) is 3.28. The first-order chi connectivity index (χ1) is 16.2. The minimum atomic E-state index is -4.91. The first-order valence-electron chi connectivity index (χ1n) is 10.5. The van der Waals surface area contributed by atoms with Gasteiger partial charge in [-0.2, -0.15) is 0 Å². The fourth-order valence-corrected chi connectivity index (χ4v) is 3.52. The third-order valence-electron chi connectivity index (χ3n) is 4.74. The Morgan fingerprint density at radius 3 is 2.71 bits per heavy atom. The average molecular weight is 499 g/mol. The fourth-order valence-electron chi connectivity index (χ4n) is 3.33. The Balaban J connectivity index is 0.00000158. The third-order valence-corrected chi connectivity index (χ3v) is 5.04. The van der Waals surface area contributed by atoms with Gasteiger partial charge in [0.1, 0.15) is 5.76 Å². The van der Waals surface area contributed by atoms with Crippen LogP contribution < -0.4 is 14.8 Å². The predicted octanol–water partition coefficient (Wildman–Crippen LogP) is 5.53. The Morgan fingerprint density at radius 1 is 1.24 bits per heavy atom. The van der Waals surface area contributed by atoms with Crippen molar-refractivity contribution in [3.63, 3.8) is 0 Å². The number of nitrogens with zero attached hydrogens (tertiary/aromatic N) is 3. The molecule has 0 saturated heterocycles. The minimum Gasteiger partial charge on any atom is -0.481 e. The molecule has 1 aliphatic carbocycles. The molecule has 0 aromatic carbocycles. The van der Waals surface area contributed by atoms with Gasteiger partial charge in [0.15, 0.2) is 0 Å². The Kier molecular flexibility index (Phi) is 7.98. The summed E-state index contributed by atoms with van der Waals surface area (Å²) in [4.78, 5) is 24.7. The SMILES string of the molecule is CC.COc1cc(-c2nc3c(o2)C(NC(=O)c2ccnc(OC(F)(F)F)c2)CCC3)c(Cl)cn1. The molecular weight excluding hydrogens is 477 g/mol. The minimum absolute atomic E-state index is 0.0342. The second-order valence-corrected chi connectivity index (χ2v) is 7.29. The van der Waals surface area contributed by atoms with Crippen molar-refractivity contribution in [3.05, 3.63) is 52.6 Å². The highest BCUT2D eigenvalue weighted by atomic mass is 35.5. The molecule has 3 heterocycles. The van der Waals surface area contributed by atoms with E-state index in [9.17, 15) is 18.0 Å². The van der Waals surface area contributed by atoms with Crippen LogP contribution in [0.4, 0.5) is 13.2 Å². The van der Waals surface area contributed by atoms with Gasteiger partial charge < -0.3 is 19.2 Å². The number of amides is 1. The van der Waals surface area contributed by atoms with Crippen LogP contribution in [0.2, 0.25) is 5.02 Å². The summed E-state index contributed by atoms with van der Waals surface area (Å²) in [6.45, 7) is 4.00. The lowest BCUT2D eigenvalue weighted by Gasteiger charge is -2.21. The topological polar surface area (TPSA) is 99.4 Å². The van der Waals surface area contributed by atoms with E-state index in [4.69, 9.17) is 20.8 Å². The highest BCUT2D eigenvalue weighted by Crippen LogP contribution is 2.36. The first kappa shape index (κ1) is 25.3. The molecule has 0 fully saturated rings. The lowest BCUT2D eigenvalue weighted by atomic mass is 9.97. The molecule has 3 aromatic heterocycles. The molecule has 4 rings (SSSR count). The van der Waals surface area contributed by atoms with Crippen molar-refractivity contribution in [2.45, 2.75) is 45.5 Å². The summed E-state index contributed by atoms with van der Waals surface area (Å²) in [5, 5.41) is 3.09. The van der Waals surface area contributed by atoms with E-state index in [-0.39, 0.29) is 11.5 Å². The van der Waals surface area contributed by atoms with Crippen molar-refractivity contribution in [1.82, 2.24) is 20.3 Å². The van der Waals surface area contributed by atoms with Gasteiger partial charge in [0.05, 0.1) is 35.6 Å². The molecule has 1 atom stereocenters. The molecule has 1 amide bonds. The number of aryl methyl sites for hydroxylation is 1. The molecule has 3 aromatic rings. The van der Waals surface area contributed by atoms with Crippen LogP contribution in [0.25, 0.3) is 11.5 Å². The number of hydrogen-bond donors (Lipinski definition) is 1. The summed E-state index contributed by atoms with van der Waals surface area (Å²) >= 11 is 6.23. The monoisotopic (exact) mass is 498 g/mol. The Hall–Kier alpha value is -3.34. The molecule has 0 bridgehead atoms. The summed E-state index contributed by atoms with van der Waals surface area (Å²) in [5.41, 5.74) is 1.12. The number of carbonyl (C=O) groups excluding carboxylic acids is 1. The second-order valence-electron chi connectivity index (χ2n) is 6.89. The molecule has 182 valence electrons. The van der Waals surface area contributed by atoms with Gasteiger partial charge in [-0.25, -0.2) is 15.0 Å². The molecule has 0 saturated carbocycles. The van der Waals surface area contributed by atoms with Crippen LogP contribution >= 0.6 is 11.6 Å². The van der Waals surface area contributed by atoms with Crippen molar-refractivity contribution in [3.8, 4) is 23.2 Å². The fraction of sp³-hybridized carbons (Fsp3) is 0.364. The van der Waals surface area contributed by atoms with Gasteiger partial charge in [-0.3, -0.25) is 4.79 Å². The van der Waals surface area contributed by atoms with E-state index in [1.807, 2.05) is 13.8 Å². The number of aromatic nitrogens is 3. The Bertz CT molecular complexity index is 1150. The van der Waals surface area contributed by atoms with Gasteiger partial charge in [-0.15, -0.1) is 13.2 Å². The van der Waals surface area contributed by atoms with E-state index in [0.717, 1.165) is 18.7 Å². The van der Waals surface area contributed by atoms with E-state index in [1.54, 1.807) is 6.07 Å². The number of methoxy groups -OCH3 is 1. The maximum atomic E-state index is 12.7. The largest absolute Gasteiger partial charge is 0.574 e. The van der Waals surface area contributed by atoms with Gasteiger partial charge in [0.25, 0.3) is 5.91 Å². The number of carbonyl (C=O) groups is 1. The number of rotatable bonds is 5. The van der Waals surface area contributed by atoms with Crippen LogP contribution in [-0.2, 0) is 6.42 Å². The quantitative estimate of drug-likeness (QED) is 0.494. The summed E-state index contributed by atoms with van der Waals surface area (Å²) in [7, 11) is 1.47. The smallest absolute Gasteiger partial charge is 0.481 e. The highest BCUT2D eigenvalue weighted by molar-refractivity contribution is 6.33. The van der Waals surface area contributed by atoms with Crippen LogP contribution in [0.1, 0.15) is 54.5 Å². The van der Waals surface area contributed by atoms with Gasteiger partial charge >= 0.3 is 6.36 Å². The molecule has 0 aliphatic heterocycles. The van der Waals surface area contributed by atoms with E-state index < -0.39 is 24.2 Å². The van der Waals surface area contributed by atoms with Gasteiger partial charge in [-0.1, -0.05) is 25.4 Å². The Morgan fingerprint density at radius 2 is 2.00 bits per heavy atom. The lowest BCUT2D eigenvalue weighted by Crippen LogP contribution is -2.30. The van der Waals surface area contributed by atoms with Crippen molar-refractivity contribution in [2.24, 2.45) is 0 Å². The third kappa shape index (κ3) is 5.96. The average Bonchev–Trinajstić information content (AvgIpc) is 3.25. The number of hydrogen-bond acceptors (Lipinski definition) is 7. The molecule has 0 radical (unpaired) electrons. The molecule has 1 unspecified atom stereocenters. The molecule has 12 heteroatoms. The zero-order chi connectivity index (χ0) is 24.9. The number of halogens is 4. The van der Waals surface area contributed by atoms with Gasteiger partial charge in [-0.05, 0) is 25.3 Å². The molecule has 8 nitrogen and oxygen atoms in total. The van der Waals surface area contributed by atoms with Crippen LogP contribution in [0.5, 0.6) is 11.8 Å². The number of oxazole rings is 1.